The normalized spacial score (nSPS) is 10.8. The standard InChI is InChI=1S/C9H10N6O2/c10-8(16)7-9(12-5-11-7)14-15-13-3-6-1-2-17-4-6/h1-2,4-5H,3H2,(H2,10,16)(H,11,12)(H,13,14). The van der Waals surface area contributed by atoms with Crippen molar-refractivity contribution in [3.8, 4) is 0 Å². The average Bonchev–Trinajstić information content (AvgIpc) is 2.95. The molecular weight excluding hydrogens is 224 g/mol. The van der Waals surface area contributed by atoms with E-state index in [1.165, 1.54) is 6.33 Å². The third-order valence-electron chi connectivity index (χ3n) is 1.95. The highest BCUT2D eigenvalue weighted by Crippen LogP contribution is 2.08. The van der Waals surface area contributed by atoms with E-state index in [2.05, 4.69) is 25.7 Å². The molecule has 0 radical (unpaired) electrons. The fourth-order valence-corrected chi connectivity index (χ4v) is 1.15. The maximum atomic E-state index is 10.9. The number of H-pyrrole nitrogens is 1. The molecule has 8 heteroatoms. The third kappa shape index (κ3) is 2.68. The van der Waals surface area contributed by atoms with Gasteiger partial charge in [0.2, 0.25) is 0 Å². The average molecular weight is 234 g/mol. The van der Waals surface area contributed by atoms with Crippen molar-refractivity contribution in [1.82, 2.24) is 9.97 Å². The van der Waals surface area contributed by atoms with Crippen LogP contribution in [0.1, 0.15) is 16.1 Å². The van der Waals surface area contributed by atoms with Crippen LogP contribution in [-0.4, -0.2) is 15.9 Å². The molecule has 0 saturated heterocycles. The number of rotatable bonds is 5. The Balaban J connectivity index is 1.91. The van der Waals surface area contributed by atoms with Crippen molar-refractivity contribution >= 4 is 11.7 Å². The Morgan fingerprint density at radius 2 is 2.53 bits per heavy atom. The van der Waals surface area contributed by atoms with Gasteiger partial charge < -0.3 is 15.1 Å². The topological polar surface area (TPSA) is 122 Å². The first-order valence-electron chi connectivity index (χ1n) is 4.74. The van der Waals surface area contributed by atoms with Crippen LogP contribution < -0.4 is 11.2 Å². The van der Waals surface area contributed by atoms with E-state index in [4.69, 9.17) is 10.2 Å². The number of nitrogens with two attached hydrogens (primary N) is 1. The third-order valence-corrected chi connectivity index (χ3v) is 1.95. The zero-order valence-electron chi connectivity index (χ0n) is 8.75. The number of primary amides is 1. The second kappa shape index (κ2) is 4.92. The molecule has 4 N–H and O–H groups in total. The van der Waals surface area contributed by atoms with Crippen molar-refractivity contribution < 1.29 is 9.21 Å². The van der Waals surface area contributed by atoms with Gasteiger partial charge in [-0.1, -0.05) is 5.22 Å². The molecule has 0 fully saturated rings. The molecule has 2 aromatic heterocycles. The van der Waals surface area contributed by atoms with Crippen LogP contribution in [0.2, 0.25) is 0 Å². The lowest BCUT2D eigenvalue weighted by molar-refractivity contribution is 0.0997. The van der Waals surface area contributed by atoms with E-state index >= 15 is 0 Å². The Morgan fingerprint density at radius 3 is 3.24 bits per heavy atom. The molecule has 88 valence electrons. The smallest absolute Gasteiger partial charge is 0.269 e. The Morgan fingerprint density at radius 1 is 1.65 bits per heavy atom. The molecule has 1 amide bonds. The summed E-state index contributed by atoms with van der Waals surface area (Å²) in [5.41, 5.74) is 8.68. The van der Waals surface area contributed by atoms with Crippen LogP contribution in [0.3, 0.4) is 0 Å². The van der Waals surface area contributed by atoms with E-state index in [-0.39, 0.29) is 11.5 Å². The fourth-order valence-electron chi connectivity index (χ4n) is 1.15. The van der Waals surface area contributed by atoms with Gasteiger partial charge in [0.25, 0.3) is 5.91 Å². The molecule has 0 aliphatic heterocycles. The van der Waals surface area contributed by atoms with Gasteiger partial charge in [0.1, 0.15) is 5.69 Å². The van der Waals surface area contributed by atoms with Crippen molar-refractivity contribution in [1.29, 1.82) is 0 Å². The Bertz CT molecular complexity index is 515. The quantitative estimate of drug-likeness (QED) is 0.529. The summed E-state index contributed by atoms with van der Waals surface area (Å²) in [5.74, 6) is -0.372. The highest BCUT2D eigenvalue weighted by molar-refractivity contribution is 5.95. The first-order valence-corrected chi connectivity index (χ1v) is 4.74. The number of hydrogen-bond acceptors (Lipinski definition) is 5. The van der Waals surface area contributed by atoms with Crippen LogP contribution in [-0.2, 0) is 6.54 Å². The number of carbonyl (C=O) groups excluding carboxylic acids is 1. The molecule has 0 unspecified atom stereocenters. The van der Waals surface area contributed by atoms with Crippen LogP contribution in [0.15, 0.2) is 39.7 Å². The van der Waals surface area contributed by atoms with E-state index in [9.17, 15) is 4.79 Å². The molecule has 2 aromatic rings. The van der Waals surface area contributed by atoms with E-state index in [1.807, 2.05) is 0 Å². The number of anilines is 1. The van der Waals surface area contributed by atoms with Gasteiger partial charge in [0.05, 0.1) is 25.4 Å². The van der Waals surface area contributed by atoms with E-state index in [0.717, 1.165) is 5.56 Å². The van der Waals surface area contributed by atoms with Gasteiger partial charge in [-0.05, 0) is 6.07 Å². The summed E-state index contributed by atoms with van der Waals surface area (Å²) in [4.78, 5) is 17.4. The molecular formula is C9H10N6O2. The number of aromatic nitrogens is 2. The van der Waals surface area contributed by atoms with E-state index in [1.54, 1.807) is 18.6 Å². The van der Waals surface area contributed by atoms with Gasteiger partial charge in [-0.25, -0.2) is 10.4 Å². The monoisotopic (exact) mass is 234 g/mol. The van der Waals surface area contributed by atoms with Crippen molar-refractivity contribution in [3.05, 3.63) is 36.2 Å². The van der Waals surface area contributed by atoms with Crippen molar-refractivity contribution in [2.75, 3.05) is 5.43 Å². The van der Waals surface area contributed by atoms with Crippen LogP contribution in [0, 0.1) is 0 Å². The van der Waals surface area contributed by atoms with Crippen molar-refractivity contribution in [2.24, 2.45) is 16.1 Å². The summed E-state index contributed by atoms with van der Waals surface area (Å²) in [6, 6.07) is 1.78. The SMILES string of the molecule is NC(=O)c1[nH]cnc1NN=NCc1ccoc1. The number of hydrogen-bond donors (Lipinski definition) is 3. The van der Waals surface area contributed by atoms with Crippen LogP contribution >= 0.6 is 0 Å². The Labute approximate surface area is 95.9 Å². The summed E-state index contributed by atoms with van der Waals surface area (Å²) in [6.45, 7) is 0.375. The number of imidazole rings is 1. The van der Waals surface area contributed by atoms with Gasteiger partial charge in [0.15, 0.2) is 5.82 Å². The number of nitrogens with zero attached hydrogens (tertiary/aromatic N) is 3. The molecule has 0 saturated carbocycles. The van der Waals surface area contributed by atoms with Gasteiger partial charge in [-0.2, -0.15) is 5.11 Å². The van der Waals surface area contributed by atoms with E-state index < -0.39 is 5.91 Å². The van der Waals surface area contributed by atoms with Gasteiger partial charge in [-0.15, -0.1) is 0 Å². The first kappa shape index (κ1) is 10.9. The summed E-state index contributed by atoms with van der Waals surface area (Å²) in [7, 11) is 0. The molecule has 2 heterocycles. The molecule has 0 atom stereocenters. The second-order valence-corrected chi connectivity index (χ2v) is 3.13. The minimum atomic E-state index is -0.616. The van der Waals surface area contributed by atoms with Gasteiger partial charge >= 0.3 is 0 Å². The van der Waals surface area contributed by atoms with Crippen molar-refractivity contribution in [3.63, 3.8) is 0 Å². The first-order chi connectivity index (χ1) is 8.27. The number of amides is 1. The molecule has 17 heavy (non-hydrogen) atoms. The summed E-state index contributed by atoms with van der Waals surface area (Å²) in [5, 5.41) is 7.51. The number of furan rings is 1. The summed E-state index contributed by atoms with van der Waals surface area (Å²) in [6.07, 6.45) is 4.47. The highest BCUT2D eigenvalue weighted by atomic mass is 16.3. The Kier molecular flexibility index (Phi) is 3.15. The zero-order chi connectivity index (χ0) is 12.1. The molecule has 0 aromatic carbocycles. The summed E-state index contributed by atoms with van der Waals surface area (Å²) < 4.78 is 4.87. The lowest BCUT2D eigenvalue weighted by atomic mass is 10.4. The molecule has 0 spiro atoms. The predicted octanol–water partition coefficient (Wildman–Crippen LogP) is 1.08. The number of aromatic amines is 1. The lowest BCUT2D eigenvalue weighted by Gasteiger charge is -1.95. The van der Waals surface area contributed by atoms with Crippen LogP contribution in [0.5, 0.6) is 0 Å². The predicted molar refractivity (Wildman–Crippen MR) is 58.0 cm³/mol. The van der Waals surface area contributed by atoms with Gasteiger partial charge in [0, 0.05) is 5.56 Å². The van der Waals surface area contributed by atoms with Crippen molar-refractivity contribution in [2.45, 2.75) is 6.54 Å². The summed E-state index contributed by atoms with van der Waals surface area (Å²) >= 11 is 0. The minimum absolute atomic E-state index is 0.160. The van der Waals surface area contributed by atoms with Gasteiger partial charge in [-0.3, -0.25) is 4.79 Å². The largest absolute Gasteiger partial charge is 0.472 e. The molecule has 2 rings (SSSR count). The lowest BCUT2D eigenvalue weighted by Crippen LogP contribution is -2.13. The highest BCUT2D eigenvalue weighted by Gasteiger charge is 2.09. The molecule has 0 aliphatic carbocycles. The minimum Gasteiger partial charge on any atom is -0.472 e. The zero-order valence-corrected chi connectivity index (χ0v) is 8.75. The van der Waals surface area contributed by atoms with E-state index in [0.29, 0.717) is 6.54 Å². The molecule has 0 bridgehead atoms. The number of nitrogens with one attached hydrogen (secondary N) is 2. The Hall–Kier alpha value is -2.64. The number of carbonyl (C=O) groups is 1. The molecule has 0 aliphatic rings. The van der Waals surface area contributed by atoms with Crippen LogP contribution in [0.25, 0.3) is 0 Å². The fraction of sp³-hybridized carbons (Fsp3) is 0.111. The second-order valence-electron chi connectivity index (χ2n) is 3.13. The molecule has 8 nitrogen and oxygen atoms in total. The maximum Gasteiger partial charge on any atom is 0.269 e. The van der Waals surface area contributed by atoms with Crippen LogP contribution in [0.4, 0.5) is 5.82 Å². The maximum absolute atomic E-state index is 10.9.